The summed E-state index contributed by atoms with van der Waals surface area (Å²) in [5.74, 6) is -3.92. The van der Waals surface area contributed by atoms with E-state index in [0.29, 0.717) is 141 Å². The minimum atomic E-state index is -2.59. The molecule has 43 nitrogen and oxygen atoms in total. The smallest absolute Gasteiger partial charge is 0.426 e. The summed E-state index contributed by atoms with van der Waals surface area (Å²) in [4.78, 5) is 238. The van der Waals surface area contributed by atoms with Crippen molar-refractivity contribution in [3.05, 3.63) is 129 Å². The van der Waals surface area contributed by atoms with Gasteiger partial charge in [0.25, 0.3) is 23.8 Å². The number of likely N-dealkylation sites (N-methyl/N-ethyl adjacent to an activating group) is 1. The second-order valence-corrected chi connectivity index (χ2v) is 35.7. The fourth-order valence-electron chi connectivity index (χ4n) is 18.8. The van der Waals surface area contributed by atoms with Gasteiger partial charge in [-0.2, -0.15) is 47.9 Å². The zero-order chi connectivity index (χ0) is 100.0. The van der Waals surface area contributed by atoms with E-state index in [9.17, 15) is 58.5 Å². The fraction of sp³-hybridized carbons (Fsp3) is 0.511. The average molecular weight is 1920 g/mol. The molecule has 2 saturated heterocycles. The normalized spacial score (nSPS) is 20.7. The van der Waals surface area contributed by atoms with Crippen LogP contribution >= 0.6 is 21.6 Å². The number of piperidine rings is 1. The molecule has 45 heteroatoms. The molecule has 3 fully saturated rings. The molecule has 6 aromatic rings. The number of methoxy groups -OCH3 is 1. The van der Waals surface area contributed by atoms with Gasteiger partial charge >= 0.3 is 36.9 Å². The summed E-state index contributed by atoms with van der Waals surface area (Å²) in [6, 6.07) is 16.8. The number of aromatic amines is 2. The number of hydrogen-bond donors (Lipinski definition) is 15. The molecule has 0 bridgehead atoms. The van der Waals surface area contributed by atoms with Gasteiger partial charge < -0.3 is 88.2 Å². The van der Waals surface area contributed by atoms with Crippen LogP contribution in [0.15, 0.2) is 94.9 Å². The van der Waals surface area contributed by atoms with Crippen molar-refractivity contribution in [2.24, 2.45) is 39.6 Å². The maximum atomic E-state index is 15.3. The number of amides is 5. The van der Waals surface area contributed by atoms with E-state index in [1.807, 2.05) is 55.2 Å². The summed E-state index contributed by atoms with van der Waals surface area (Å²) < 4.78 is 18.0. The Kier molecular flexibility index (Phi) is 43.4. The standard InChI is InChI=1S/C85H115N17O16S2.5CO2/c1-9-57-58-19-12-13-20-61(58)96-70(57)83(47-117-48-103,42-52-41-81(114,10-2)46-89-43-52)60-38-59-64(40-67(60)116-8)101(7)76-84(59)28-32-102-31-17-27-82(11-3,75(84)102)77(111)85(76,115)78(112)99-100-80(113)118-33-35-120-119-34-16-22-65(105)51(6)94-71(107)50(5)37-66(106)62(21-15-30-91-79(87)88)97-72(108)49(4)36-56(104)18-14-29-90-73(109)53-23-25-54(26-24-53)92-44-55-45-93-63-39-68(86)98-74(110)69(63)95-55;5*2-1-3/h12-13,17,19-20,23-27,38-40,45,48-52,62,75-77,89,92,96,111,114-115H,9-11,14-16,18,21-22,28-37,41-44,46-47H2,1-8H3,(H,90,109)(H,94,107)(H,97,108)(H,99,112)(H,100,113)(H3,86,98,110)(H4,87,88,91);;;;;/t49-,50-,51+,52-,62+,75+,76-,77-,81?,82-,83+,84-,85-;;;;;/m1...../s1. The third kappa shape index (κ3) is 27.5. The highest BCUT2D eigenvalue weighted by atomic mass is 33.1. The topological polar surface area (TPSA) is 668 Å². The molecule has 13 atom stereocenters. The summed E-state index contributed by atoms with van der Waals surface area (Å²) >= 11 is 0. The number of fused-ring (bicyclic) bond motifs is 3. The van der Waals surface area contributed by atoms with Crippen molar-refractivity contribution in [2.75, 3.05) is 94.1 Å². The number of aromatic nitrogens is 4. The largest absolute Gasteiger partial charge is 0.496 e. The van der Waals surface area contributed by atoms with Gasteiger partial charge in [-0.05, 0) is 138 Å². The van der Waals surface area contributed by atoms with Crippen molar-refractivity contribution < 1.29 is 121 Å². The third-order valence-corrected chi connectivity index (χ3v) is 27.2. The molecule has 7 heterocycles. The minimum Gasteiger partial charge on any atom is -0.496 e. The number of carbonyl (C=O) groups excluding carboxylic acids is 19. The number of pyridine rings is 1. The number of nitrogens with two attached hydrogens (primary N) is 3. The Morgan fingerprint density at radius 1 is 0.807 bits per heavy atom. The van der Waals surface area contributed by atoms with Crippen molar-refractivity contribution in [3.8, 4) is 5.75 Å². The van der Waals surface area contributed by atoms with Crippen LogP contribution in [-0.2, 0) is 115 Å². The van der Waals surface area contributed by atoms with Crippen LogP contribution in [0.4, 0.5) is 22.0 Å². The number of anilines is 3. The number of ether oxygens (including phenoxy) is 3. The summed E-state index contributed by atoms with van der Waals surface area (Å²) in [7, 11) is 6.20. The number of Topliss-reactive ketones (excluding diaryl/α,β-unsaturated/α-hetero) is 3. The molecule has 3 aromatic carbocycles. The van der Waals surface area contributed by atoms with Crippen LogP contribution in [0.5, 0.6) is 5.75 Å². The van der Waals surface area contributed by atoms with Gasteiger partial charge in [-0.15, -0.1) is 0 Å². The van der Waals surface area contributed by atoms with Crippen LogP contribution in [0.1, 0.15) is 163 Å². The second kappa shape index (κ2) is 53.0. The van der Waals surface area contributed by atoms with Gasteiger partial charge in [-0.1, -0.05) is 86.6 Å². The van der Waals surface area contributed by atoms with E-state index in [-0.39, 0.29) is 136 Å². The van der Waals surface area contributed by atoms with Gasteiger partial charge in [-0.25, -0.2) is 15.2 Å². The van der Waals surface area contributed by atoms with E-state index in [1.165, 1.54) is 33.9 Å². The highest BCUT2D eigenvalue weighted by Crippen LogP contribution is 2.68. The SMILES string of the molecule is CCc1c([C@](COC=O)(C[C@@H]2CNCC(O)(CC)C2)c2cc3c(cc2OC)N(C)[C@H]2[C@](O)(C(=O)NNC(=O)OCCSSCCCC(=O)[C@H](C)NC(=O)[C@H](C)CC(=O)[C@H](CCCN=C(N)N)NC(=O)[C@H](C)CC(=O)CCCNC(=O)c4ccc(NCc5cnc6cc(N)[nH]c(=O)c6n5)cc4)[C@H](O)[C@]4(CC)C=CCN5CC[C@]32[C@@H]54)[nH]c2ccccc12.O=C=O.O=C=O.O=C=O.O=C=O.O=C=O. The molecule has 4 aliphatic heterocycles. The summed E-state index contributed by atoms with van der Waals surface area (Å²) in [5.41, 5.74) is 21.2. The number of β-amino-alcohol motifs (C(OH)–C–C–N with tert-alkyl or cyclic N) is 1. The fourth-order valence-corrected chi connectivity index (χ4v) is 20.8. The van der Waals surface area contributed by atoms with Gasteiger partial charge in [-0.3, -0.25) is 63.5 Å². The molecular formula is C90H115N17O26S2. The first-order valence-corrected chi connectivity index (χ1v) is 45.8. The monoisotopic (exact) mass is 1910 g/mol. The van der Waals surface area contributed by atoms with E-state index >= 15 is 4.79 Å². The molecule has 1 saturated carbocycles. The molecule has 18 N–H and O–H groups in total. The number of H-pyrrole nitrogens is 2. The van der Waals surface area contributed by atoms with Crippen LogP contribution in [-0.4, -0.2) is 250 Å². The third-order valence-electron chi connectivity index (χ3n) is 24.7. The number of hydrogen-bond acceptors (Lipinski definition) is 36. The van der Waals surface area contributed by atoms with E-state index in [1.54, 1.807) is 59.2 Å². The minimum absolute atomic E-state index is 0.0744. The summed E-state index contributed by atoms with van der Waals surface area (Å²) in [6.07, 6.45) is 7.78. The molecule has 728 valence electrons. The number of aliphatic imine (C=N–C) groups is 1. The lowest BCUT2D eigenvalue weighted by Gasteiger charge is -2.63. The van der Waals surface area contributed by atoms with Gasteiger partial charge in [0, 0.05) is 150 Å². The van der Waals surface area contributed by atoms with E-state index in [4.69, 9.17) is 79.4 Å². The number of aliphatic hydroxyl groups is 3. The first-order valence-electron chi connectivity index (χ1n) is 43.3. The summed E-state index contributed by atoms with van der Waals surface area (Å²) in [6.45, 7) is 13.7. The Morgan fingerprint density at radius 2 is 1.47 bits per heavy atom. The van der Waals surface area contributed by atoms with Crippen LogP contribution in [0.2, 0.25) is 0 Å². The number of benzene rings is 3. The van der Waals surface area contributed by atoms with E-state index in [2.05, 4.69) is 86.3 Å². The number of aryl methyl sites for hydroxylation is 1. The number of ketones is 3. The molecule has 135 heavy (non-hydrogen) atoms. The lowest BCUT2D eigenvalue weighted by atomic mass is 9.47. The quantitative estimate of drug-likeness (QED) is 0.00497. The van der Waals surface area contributed by atoms with Crippen molar-refractivity contribution in [1.82, 2.24) is 57.0 Å². The van der Waals surface area contributed by atoms with E-state index < -0.39 is 105 Å². The number of nitrogen functional groups attached to an aromatic ring is 1. The molecule has 3 aromatic heterocycles. The predicted molar refractivity (Wildman–Crippen MR) is 485 cm³/mol. The predicted octanol–water partition coefficient (Wildman–Crippen LogP) is 2.38. The molecule has 1 aliphatic carbocycles. The van der Waals surface area contributed by atoms with Gasteiger partial charge in [0.2, 0.25) is 11.8 Å². The Labute approximate surface area is 783 Å². The number of nitrogens with zero attached hydrogens (tertiary/aromatic N) is 5. The Hall–Kier alpha value is -13.3. The number of nitrogens with one attached hydrogen (secondary N) is 9. The van der Waals surface area contributed by atoms with Crippen molar-refractivity contribution in [3.63, 3.8) is 0 Å². The average Bonchev–Trinajstić information content (AvgIpc) is 1.56. The number of hydrazine groups is 1. The number of carbonyl (C=O) groups is 9. The van der Waals surface area contributed by atoms with Crippen LogP contribution in [0, 0.1) is 23.2 Å². The lowest BCUT2D eigenvalue weighted by molar-refractivity contribution is -0.204. The summed E-state index contributed by atoms with van der Waals surface area (Å²) in [5, 5.41) is 54.6. The Bertz CT molecular complexity index is 5370. The van der Waals surface area contributed by atoms with Crippen LogP contribution < -0.4 is 69.8 Å². The molecule has 5 aliphatic rings. The number of guanidine groups is 1. The molecule has 1 spiro atoms. The zero-order valence-electron chi connectivity index (χ0n) is 76.0. The van der Waals surface area contributed by atoms with Gasteiger partial charge in [0.05, 0.1) is 60.2 Å². The van der Waals surface area contributed by atoms with Crippen LogP contribution in [0.25, 0.3) is 21.9 Å². The zero-order valence-corrected chi connectivity index (χ0v) is 77.6. The van der Waals surface area contributed by atoms with Gasteiger partial charge in [0.15, 0.2) is 28.6 Å². The van der Waals surface area contributed by atoms with Gasteiger partial charge in [0.1, 0.15) is 36.7 Å². The van der Waals surface area contributed by atoms with Crippen LogP contribution in [0.3, 0.4) is 0 Å². The molecule has 1 unspecified atom stereocenters. The van der Waals surface area contributed by atoms with Crippen molar-refractivity contribution >= 4 is 151 Å². The second-order valence-electron chi connectivity index (χ2n) is 33.0. The number of aliphatic hydroxyl groups excluding tert-OH is 1. The number of rotatable bonds is 42. The van der Waals surface area contributed by atoms with E-state index in [0.717, 1.165) is 27.7 Å². The first-order chi connectivity index (χ1) is 64.5. The first kappa shape index (κ1) is 110. The molecular weight excluding hydrogens is 1800 g/mol. The molecule has 5 amide bonds. The lowest BCUT2D eigenvalue weighted by Crippen LogP contribution is -2.82. The molecule has 0 radical (unpaired) electrons. The van der Waals surface area contributed by atoms with Crippen molar-refractivity contribution in [1.29, 1.82) is 0 Å². The maximum absolute atomic E-state index is 15.3. The molecule has 11 rings (SSSR count). The highest BCUT2D eigenvalue weighted by molar-refractivity contribution is 8.76. The number of para-hydroxylation sites is 1. The Morgan fingerprint density at radius 3 is 2.13 bits per heavy atom. The Balaban J connectivity index is 0.00000175. The maximum Gasteiger partial charge on any atom is 0.426 e. The highest BCUT2D eigenvalue weighted by Gasteiger charge is 2.79. The van der Waals surface area contributed by atoms with Crippen molar-refractivity contribution in [2.45, 2.75) is 190 Å².